The molecule has 80 valence electrons. The van der Waals surface area contributed by atoms with Crippen molar-refractivity contribution < 1.29 is 14.4 Å². The molecule has 0 rings (SSSR count). The lowest BCUT2D eigenvalue weighted by Gasteiger charge is -2.04. The highest BCUT2D eigenvalue weighted by molar-refractivity contribution is 5.97. The second-order valence-electron chi connectivity index (χ2n) is 3.01. The van der Waals surface area contributed by atoms with E-state index in [9.17, 15) is 14.4 Å². The molecule has 0 atom stereocenters. The van der Waals surface area contributed by atoms with Crippen molar-refractivity contribution >= 4 is 17.6 Å². The Labute approximate surface area is 83.2 Å². The number of rotatable bonds is 6. The lowest BCUT2D eigenvalue weighted by atomic mass is 10.3. The Morgan fingerprint density at radius 1 is 1.07 bits per heavy atom. The molecular weight excluding hydrogens is 184 g/mol. The molecule has 0 aromatic heterocycles. The van der Waals surface area contributed by atoms with Gasteiger partial charge in [0, 0.05) is 6.54 Å². The summed E-state index contributed by atoms with van der Waals surface area (Å²) in [7, 11) is 0. The van der Waals surface area contributed by atoms with Crippen LogP contribution in [-0.4, -0.2) is 30.7 Å². The Morgan fingerprint density at radius 2 is 1.71 bits per heavy atom. The van der Waals surface area contributed by atoms with Crippen LogP contribution in [0.3, 0.4) is 0 Å². The minimum Gasteiger partial charge on any atom is -0.355 e. The Bertz CT molecular complexity index is 226. The fraction of sp³-hybridized carbons (Fsp3) is 0.667. The Morgan fingerprint density at radius 3 is 2.21 bits per heavy atom. The van der Waals surface area contributed by atoms with Gasteiger partial charge in [0.1, 0.15) is 5.78 Å². The van der Waals surface area contributed by atoms with E-state index >= 15 is 0 Å². The highest BCUT2D eigenvalue weighted by atomic mass is 16.2. The van der Waals surface area contributed by atoms with Crippen LogP contribution in [0, 0.1) is 0 Å². The van der Waals surface area contributed by atoms with Crippen molar-refractivity contribution in [1.29, 1.82) is 0 Å². The van der Waals surface area contributed by atoms with Crippen LogP contribution in [0.15, 0.2) is 0 Å². The number of Topliss-reactive ketones (excluding diaryl/α,β-unsaturated/α-hetero) is 1. The summed E-state index contributed by atoms with van der Waals surface area (Å²) in [5.41, 5.74) is 0. The average Bonchev–Trinajstić information content (AvgIpc) is 2.10. The molecule has 0 spiro atoms. The third-order valence-corrected chi connectivity index (χ3v) is 1.43. The third-order valence-electron chi connectivity index (χ3n) is 1.43. The maximum Gasteiger partial charge on any atom is 0.239 e. The first kappa shape index (κ1) is 12.6. The largest absolute Gasteiger partial charge is 0.355 e. The number of carbonyl (C=O) groups excluding carboxylic acids is 3. The predicted octanol–water partition coefficient (Wildman–Crippen LogP) is -0.392. The number of nitrogens with one attached hydrogen (secondary N) is 2. The van der Waals surface area contributed by atoms with E-state index in [0.29, 0.717) is 6.54 Å². The van der Waals surface area contributed by atoms with Crippen LogP contribution >= 0.6 is 0 Å². The molecule has 0 bridgehead atoms. The molecule has 14 heavy (non-hydrogen) atoms. The maximum atomic E-state index is 11.0. The van der Waals surface area contributed by atoms with E-state index in [2.05, 4.69) is 10.6 Å². The van der Waals surface area contributed by atoms with Gasteiger partial charge in [0.25, 0.3) is 0 Å². The number of hydrogen-bond donors (Lipinski definition) is 2. The number of amides is 2. The minimum atomic E-state index is -0.413. The molecule has 0 aromatic carbocycles. The summed E-state index contributed by atoms with van der Waals surface area (Å²) in [6, 6.07) is 0. The molecule has 0 aromatic rings. The maximum absolute atomic E-state index is 11.0. The molecule has 2 amide bonds. The molecule has 0 aliphatic heterocycles. The van der Waals surface area contributed by atoms with Crippen LogP contribution in [0.5, 0.6) is 0 Å². The normalized spacial score (nSPS) is 9.29. The Hall–Kier alpha value is -1.39. The minimum absolute atomic E-state index is 0.0634. The molecular formula is C9H16N2O3. The van der Waals surface area contributed by atoms with E-state index in [1.165, 1.54) is 6.92 Å². The standard InChI is InChI=1S/C9H16N2O3/c1-3-4-10-9(14)6-11-8(13)5-7(2)12/h3-6H2,1-2H3,(H,10,14)(H,11,13). The summed E-state index contributed by atoms with van der Waals surface area (Å²) in [6.45, 7) is 3.80. The molecule has 0 saturated heterocycles. The lowest BCUT2D eigenvalue weighted by molar-refractivity contribution is -0.129. The van der Waals surface area contributed by atoms with Crippen molar-refractivity contribution in [2.24, 2.45) is 0 Å². The van der Waals surface area contributed by atoms with Crippen LogP contribution in [0.4, 0.5) is 0 Å². The summed E-state index contributed by atoms with van der Waals surface area (Å²) in [4.78, 5) is 32.4. The summed E-state index contributed by atoms with van der Waals surface area (Å²) in [6.07, 6.45) is 0.689. The van der Waals surface area contributed by atoms with Gasteiger partial charge in [-0.3, -0.25) is 14.4 Å². The van der Waals surface area contributed by atoms with Gasteiger partial charge in [-0.15, -0.1) is 0 Å². The van der Waals surface area contributed by atoms with Gasteiger partial charge in [-0.1, -0.05) is 6.92 Å². The zero-order valence-electron chi connectivity index (χ0n) is 8.55. The molecule has 0 aliphatic carbocycles. The first-order valence-corrected chi connectivity index (χ1v) is 4.59. The van der Waals surface area contributed by atoms with Crippen molar-refractivity contribution in [1.82, 2.24) is 10.6 Å². The predicted molar refractivity (Wildman–Crippen MR) is 51.6 cm³/mol. The van der Waals surface area contributed by atoms with Gasteiger partial charge >= 0.3 is 0 Å². The van der Waals surface area contributed by atoms with E-state index in [4.69, 9.17) is 0 Å². The fourth-order valence-corrected chi connectivity index (χ4v) is 0.794. The molecule has 0 saturated carbocycles. The molecule has 0 fully saturated rings. The molecule has 5 nitrogen and oxygen atoms in total. The van der Waals surface area contributed by atoms with Crippen LogP contribution in [0.25, 0.3) is 0 Å². The highest BCUT2D eigenvalue weighted by Gasteiger charge is 2.06. The monoisotopic (exact) mass is 200 g/mol. The molecule has 5 heteroatoms. The van der Waals surface area contributed by atoms with Crippen molar-refractivity contribution in [3.63, 3.8) is 0 Å². The van der Waals surface area contributed by atoms with Gasteiger partial charge in [0.2, 0.25) is 11.8 Å². The fourth-order valence-electron chi connectivity index (χ4n) is 0.794. The zero-order chi connectivity index (χ0) is 11.0. The van der Waals surface area contributed by atoms with E-state index in [1.807, 2.05) is 6.92 Å². The van der Waals surface area contributed by atoms with E-state index in [0.717, 1.165) is 6.42 Å². The van der Waals surface area contributed by atoms with Gasteiger partial charge in [-0.2, -0.15) is 0 Å². The Kier molecular flexibility index (Phi) is 6.36. The second-order valence-corrected chi connectivity index (χ2v) is 3.01. The van der Waals surface area contributed by atoms with E-state index in [-0.39, 0.29) is 24.7 Å². The van der Waals surface area contributed by atoms with Crippen molar-refractivity contribution in [2.75, 3.05) is 13.1 Å². The first-order valence-electron chi connectivity index (χ1n) is 4.59. The van der Waals surface area contributed by atoms with E-state index in [1.54, 1.807) is 0 Å². The quantitative estimate of drug-likeness (QED) is 0.573. The number of hydrogen-bond acceptors (Lipinski definition) is 3. The Balaban J connectivity index is 3.56. The molecule has 0 heterocycles. The van der Waals surface area contributed by atoms with Crippen molar-refractivity contribution in [3.8, 4) is 0 Å². The molecule has 0 unspecified atom stereocenters. The van der Waals surface area contributed by atoms with Crippen LogP contribution in [-0.2, 0) is 14.4 Å². The van der Waals surface area contributed by atoms with Crippen LogP contribution < -0.4 is 10.6 Å². The topological polar surface area (TPSA) is 75.3 Å². The van der Waals surface area contributed by atoms with Crippen LogP contribution in [0.1, 0.15) is 26.7 Å². The molecule has 0 radical (unpaired) electrons. The average molecular weight is 200 g/mol. The number of carbonyl (C=O) groups is 3. The second kappa shape index (κ2) is 7.06. The molecule has 2 N–H and O–H groups in total. The highest BCUT2D eigenvalue weighted by Crippen LogP contribution is 1.80. The third kappa shape index (κ3) is 7.27. The van der Waals surface area contributed by atoms with Crippen molar-refractivity contribution in [3.05, 3.63) is 0 Å². The molecule has 0 aliphatic rings. The van der Waals surface area contributed by atoms with E-state index < -0.39 is 5.91 Å². The smallest absolute Gasteiger partial charge is 0.239 e. The summed E-state index contributed by atoms with van der Waals surface area (Å²) >= 11 is 0. The SMILES string of the molecule is CCCNC(=O)CNC(=O)CC(C)=O. The van der Waals surface area contributed by atoms with Gasteiger partial charge in [-0.25, -0.2) is 0 Å². The van der Waals surface area contributed by atoms with Crippen LogP contribution in [0.2, 0.25) is 0 Å². The number of ketones is 1. The summed E-state index contributed by atoms with van der Waals surface area (Å²) < 4.78 is 0. The summed E-state index contributed by atoms with van der Waals surface area (Å²) in [5, 5.41) is 4.95. The van der Waals surface area contributed by atoms with Gasteiger partial charge in [-0.05, 0) is 13.3 Å². The first-order chi connectivity index (χ1) is 6.56. The van der Waals surface area contributed by atoms with Gasteiger partial charge < -0.3 is 10.6 Å². The van der Waals surface area contributed by atoms with Gasteiger partial charge in [0.05, 0.1) is 13.0 Å². The summed E-state index contributed by atoms with van der Waals surface area (Å²) in [5.74, 6) is -0.857. The lowest BCUT2D eigenvalue weighted by Crippen LogP contribution is -2.37. The zero-order valence-corrected chi connectivity index (χ0v) is 8.55. The van der Waals surface area contributed by atoms with Crippen molar-refractivity contribution in [2.45, 2.75) is 26.7 Å². The van der Waals surface area contributed by atoms with Gasteiger partial charge in [0.15, 0.2) is 0 Å².